The monoisotopic (exact) mass is 503 g/mol. The number of rotatable bonds is 4. The summed E-state index contributed by atoms with van der Waals surface area (Å²) >= 11 is 0. The summed E-state index contributed by atoms with van der Waals surface area (Å²) in [5.74, 6) is 2.32. The molecular weight excluding hydrogens is 466 g/mol. The van der Waals surface area contributed by atoms with Gasteiger partial charge in [-0.3, -0.25) is 9.69 Å². The fraction of sp³-hybridized carbons (Fsp3) is 0.517. The van der Waals surface area contributed by atoms with Crippen LogP contribution in [0.3, 0.4) is 0 Å². The average Bonchev–Trinajstić information content (AvgIpc) is 3.16. The molecule has 2 aromatic rings. The van der Waals surface area contributed by atoms with Crippen molar-refractivity contribution in [2.45, 2.75) is 44.2 Å². The molecule has 3 saturated heterocycles. The Morgan fingerprint density at radius 3 is 2.73 bits per heavy atom. The van der Waals surface area contributed by atoms with Crippen LogP contribution in [0.5, 0.6) is 5.75 Å². The first-order valence-corrected chi connectivity index (χ1v) is 13.7. The Balaban J connectivity index is 1.14. The van der Waals surface area contributed by atoms with Gasteiger partial charge in [0.25, 0.3) is 0 Å². The molecule has 0 saturated carbocycles. The molecule has 0 spiro atoms. The molecule has 1 aromatic carbocycles. The Labute approximate surface area is 219 Å². The minimum atomic E-state index is 0.0583. The van der Waals surface area contributed by atoms with Gasteiger partial charge in [0.2, 0.25) is 5.91 Å². The molecule has 0 aliphatic carbocycles. The minimum Gasteiger partial charge on any atom is -0.486 e. The summed E-state index contributed by atoms with van der Waals surface area (Å²) in [6.45, 7) is 11.3. The van der Waals surface area contributed by atoms with E-state index >= 15 is 0 Å². The van der Waals surface area contributed by atoms with Crippen molar-refractivity contribution in [2.75, 3.05) is 62.7 Å². The molecule has 1 atom stereocenters. The van der Waals surface area contributed by atoms with Crippen molar-refractivity contribution in [3.8, 4) is 5.75 Å². The van der Waals surface area contributed by atoms with E-state index in [4.69, 9.17) is 9.47 Å². The smallest absolute Gasteiger partial charge is 0.245 e. The number of aromatic nitrogens is 1. The van der Waals surface area contributed by atoms with Crippen LogP contribution in [0.15, 0.2) is 43.1 Å². The van der Waals surface area contributed by atoms with Gasteiger partial charge in [-0.2, -0.15) is 0 Å². The van der Waals surface area contributed by atoms with Crippen molar-refractivity contribution in [1.29, 1.82) is 0 Å². The summed E-state index contributed by atoms with van der Waals surface area (Å²) in [4.78, 5) is 23.6. The molecule has 4 aliphatic heterocycles. The summed E-state index contributed by atoms with van der Waals surface area (Å²) in [5.41, 5.74) is 4.60. The molecule has 5 heterocycles. The van der Waals surface area contributed by atoms with Gasteiger partial charge in [0.05, 0.1) is 24.5 Å². The number of carbonyl (C=O) groups excluding carboxylic acids is 1. The van der Waals surface area contributed by atoms with E-state index in [-0.39, 0.29) is 5.91 Å². The zero-order valence-corrected chi connectivity index (χ0v) is 21.5. The first-order chi connectivity index (χ1) is 18.2. The van der Waals surface area contributed by atoms with Crippen molar-refractivity contribution >= 4 is 23.1 Å². The third-order valence-corrected chi connectivity index (χ3v) is 8.40. The van der Waals surface area contributed by atoms with Gasteiger partial charge in [0.1, 0.15) is 18.2 Å². The number of carbonyl (C=O) groups is 1. The molecule has 1 aromatic heterocycles. The van der Waals surface area contributed by atoms with E-state index in [0.717, 1.165) is 88.1 Å². The molecule has 0 unspecified atom stereocenters. The number of anilines is 3. The van der Waals surface area contributed by atoms with Crippen molar-refractivity contribution in [1.82, 2.24) is 14.8 Å². The van der Waals surface area contributed by atoms with Crippen LogP contribution < -0.4 is 15.0 Å². The average molecular weight is 504 g/mol. The molecule has 6 rings (SSSR count). The number of hydrogen-bond donors (Lipinski definition) is 1. The molecule has 4 aliphatic rings. The Morgan fingerprint density at radius 1 is 1.08 bits per heavy atom. The van der Waals surface area contributed by atoms with Crippen LogP contribution in [0.25, 0.3) is 0 Å². The number of morpholine rings is 1. The quantitative estimate of drug-likeness (QED) is 0.635. The number of ether oxygens (including phenoxy) is 2. The second-order valence-corrected chi connectivity index (χ2v) is 10.5. The van der Waals surface area contributed by atoms with Crippen molar-refractivity contribution < 1.29 is 14.3 Å². The number of likely N-dealkylation sites (tertiary alicyclic amines) is 2. The van der Waals surface area contributed by atoms with Gasteiger partial charge in [-0.05, 0) is 68.0 Å². The maximum absolute atomic E-state index is 12.0. The highest BCUT2D eigenvalue weighted by Crippen LogP contribution is 2.40. The molecular formula is C29H37N5O3. The van der Waals surface area contributed by atoms with E-state index in [1.807, 2.05) is 11.1 Å². The summed E-state index contributed by atoms with van der Waals surface area (Å²) in [7, 11) is 0. The zero-order chi connectivity index (χ0) is 25.2. The van der Waals surface area contributed by atoms with Crippen LogP contribution in [-0.4, -0.2) is 79.2 Å². The molecule has 37 heavy (non-hydrogen) atoms. The van der Waals surface area contributed by atoms with Gasteiger partial charge in [0, 0.05) is 50.6 Å². The van der Waals surface area contributed by atoms with Gasteiger partial charge in [0.15, 0.2) is 0 Å². The molecule has 0 bridgehead atoms. The molecule has 1 amide bonds. The first kappa shape index (κ1) is 24.2. The Hall–Kier alpha value is -3.10. The number of fused-ring (bicyclic) bond motifs is 2. The summed E-state index contributed by atoms with van der Waals surface area (Å²) in [6, 6.07) is 9.29. The predicted molar refractivity (Wildman–Crippen MR) is 145 cm³/mol. The van der Waals surface area contributed by atoms with Crippen molar-refractivity contribution in [2.24, 2.45) is 0 Å². The van der Waals surface area contributed by atoms with Crippen LogP contribution in [0.1, 0.15) is 42.7 Å². The number of hydrogen-bond acceptors (Lipinski definition) is 7. The molecule has 8 nitrogen and oxygen atoms in total. The number of pyridine rings is 1. The lowest BCUT2D eigenvalue weighted by molar-refractivity contribution is -0.127. The zero-order valence-electron chi connectivity index (χ0n) is 21.5. The van der Waals surface area contributed by atoms with E-state index in [9.17, 15) is 4.79 Å². The number of amides is 1. The largest absolute Gasteiger partial charge is 0.486 e. The highest BCUT2D eigenvalue weighted by atomic mass is 16.5. The van der Waals surface area contributed by atoms with E-state index in [2.05, 4.69) is 50.9 Å². The van der Waals surface area contributed by atoms with Gasteiger partial charge < -0.3 is 24.6 Å². The topological polar surface area (TPSA) is 70.2 Å². The van der Waals surface area contributed by atoms with Crippen molar-refractivity contribution in [3.05, 3.63) is 54.2 Å². The number of nitrogens with zero attached hydrogens (tertiary/aromatic N) is 4. The fourth-order valence-corrected chi connectivity index (χ4v) is 6.32. The molecule has 3 fully saturated rings. The Morgan fingerprint density at radius 2 is 1.92 bits per heavy atom. The number of piperidine rings is 2. The summed E-state index contributed by atoms with van der Waals surface area (Å²) in [5, 5.41) is 3.55. The predicted octanol–water partition coefficient (Wildman–Crippen LogP) is 3.91. The van der Waals surface area contributed by atoms with Gasteiger partial charge >= 0.3 is 0 Å². The maximum atomic E-state index is 12.0. The molecule has 196 valence electrons. The highest BCUT2D eigenvalue weighted by Gasteiger charge is 2.31. The van der Waals surface area contributed by atoms with Crippen molar-refractivity contribution in [3.63, 3.8) is 0 Å². The maximum Gasteiger partial charge on any atom is 0.245 e. The summed E-state index contributed by atoms with van der Waals surface area (Å²) in [6.07, 6.45) is 7.79. The second-order valence-electron chi connectivity index (χ2n) is 10.5. The molecule has 0 radical (unpaired) electrons. The van der Waals surface area contributed by atoms with Gasteiger partial charge in [-0.25, -0.2) is 4.98 Å². The normalized spacial score (nSPS) is 22.8. The first-order valence-electron chi connectivity index (χ1n) is 13.7. The third kappa shape index (κ3) is 5.05. The van der Waals surface area contributed by atoms with Gasteiger partial charge in [-0.15, -0.1) is 0 Å². The lowest BCUT2D eigenvalue weighted by Crippen LogP contribution is -2.49. The SMILES string of the molecule is C=CC(=O)N1CCC(N2CCC[C@@H](c3ccc4c(c3)OCc3c(N5CCOCC5)ccnc3N4)C2)CC1. The Kier molecular flexibility index (Phi) is 7.02. The van der Waals surface area contributed by atoms with E-state index in [0.29, 0.717) is 18.6 Å². The van der Waals surface area contributed by atoms with Crippen LogP contribution in [0, 0.1) is 0 Å². The number of nitrogens with one attached hydrogen (secondary N) is 1. The Bertz CT molecular complexity index is 1140. The molecule has 1 N–H and O–H groups in total. The van der Waals surface area contributed by atoms with Crippen LogP contribution in [-0.2, 0) is 16.1 Å². The highest BCUT2D eigenvalue weighted by molar-refractivity contribution is 5.87. The number of benzene rings is 1. The molecule has 8 heteroatoms. The van der Waals surface area contributed by atoms with E-state index in [1.54, 1.807) is 0 Å². The van der Waals surface area contributed by atoms with Crippen LogP contribution >= 0.6 is 0 Å². The fourth-order valence-electron chi connectivity index (χ4n) is 6.32. The summed E-state index contributed by atoms with van der Waals surface area (Å²) < 4.78 is 12.0. The van der Waals surface area contributed by atoms with Crippen LogP contribution in [0.4, 0.5) is 17.2 Å². The second kappa shape index (κ2) is 10.7. The van der Waals surface area contributed by atoms with E-state index < -0.39 is 0 Å². The van der Waals surface area contributed by atoms with Crippen LogP contribution in [0.2, 0.25) is 0 Å². The van der Waals surface area contributed by atoms with E-state index in [1.165, 1.54) is 30.2 Å². The third-order valence-electron chi connectivity index (χ3n) is 8.40. The minimum absolute atomic E-state index is 0.0583. The van der Waals surface area contributed by atoms with Gasteiger partial charge in [-0.1, -0.05) is 12.6 Å². The lowest BCUT2D eigenvalue weighted by Gasteiger charge is -2.42. The standard InChI is InChI=1S/C29H37N5O3/c1-2-28(35)33-12-8-23(9-13-33)34-11-3-4-22(19-34)21-5-6-25-27(18-21)37-20-24-26(7-10-30-29(24)31-25)32-14-16-36-17-15-32/h2,5-7,10,18,22-23H,1,3-4,8-9,11-17,19-20H2,(H,30,31)/t22-/m1/s1. The lowest BCUT2D eigenvalue weighted by atomic mass is 9.88.